The number of carbonyl (C=O) groups excluding carboxylic acids is 1. The van der Waals surface area contributed by atoms with Gasteiger partial charge in [0.15, 0.2) is 5.75 Å². The van der Waals surface area contributed by atoms with Crippen molar-refractivity contribution in [1.29, 1.82) is 0 Å². The summed E-state index contributed by atoms with van der Waals surface area (Å²) in [5.74, 6) is 0.0835. The molecule has 0 aliphatic heterocycles. The summed E-state index contributed by atoms with van der Waals surface area (Å²) < 4.78 is 46.5. The van der Waals surface area contributed by atoms with Gasteiger partial charge in [-0.1, -0.05) is 55.4 Å². The molecule has 3 rings (SSSR count). The lowest BCUT2D eigenvalue weighted by molar-refractivity contribution is -0.274. The number of nitrogens with zero attached hydrogens (tertiary/aromatic N) is 2. The average Bonchev–Trinajstić information content (AvgIpc) is 3.16. The molecule has 30 heavy (non-hydrogen) atoms. The van der Waals surface area contributed by atoms with Gasteiger partial charge in [0.2, 0.25) is 17.6 Å². The van der Waals surface area contributed by atoms with Gasteiger partial charge in [-0.3, -0.25) is 4.79 Å². The molecular weight excluding hydrogens is 399 g/mol. The summed E-state index contributed by atoms with van der Waals surface area (Å²) in [6, 6.07) is 13.1. The molecule has 0 aliphatic rings. The van der Waals surface area contributed by atoms with Crippen LogP contribution in [0.15, 0.2) is 53.1 Å². The molecule has 0 bridgehead atoms. The van der Waals surface area contributed by atoms with E-state index in [1.807, 2.05) is 24.3 Å². The van der Waals surface area contributed by atoms with E-state index in [1.54, 1.807) is 0 Å². The number of ether oxygens (including phenoxy) is 1. The Morgan fingerprint density at radius 2 is 1.83 bits per heavy atom. The van der Waals surface area contributed by atoms with E-state index >= 15 is 0 Å². The molecular formula is C21H20F3N3O3. The van der Waals surface area contributed by atoms with Crippen LogP contribution in [0.4, 0.5) is 18.9 Å². The van der Waals surface area contributed by atoms with Crippen LogP contribution in [0.3, 0.4) is 0 Å². The molecule has 1 N–H and O–H groups in total. The second-order valence-electron chi connectivity index (χ2n) is 6.88. The van der Waals surface area contributed by atoms with Crippen molar-refractivity contribution in [2.75, 3.05) is 5.32 Å². The van der Waals surface area contributed by atoms with Gasteiger partial charge in [0.05, 0.1) is 5.69 Å². The number of aromatic nitrogens is 2. The van der Waals surface area contributed by atoms with Crippen LogP contribution in [0.2, 0.25) is 0 Å². The van der Waals surface area contributed by atoms with E-state index in [2.05, 4.69) is 34.0 Å². The molecule has 0 spiro atoms. The highest BCUT2D eigenvalue weighted by Crippen LogP contribution is 2.30. The van der Waals surface area contributed by atoms with Gasteiger partial charge in [-0.05, 0) is 23.6 Å². The van der Waals surface area contributed by atoms with Gasteiger partial charge in [-0.15, -0.1) is 13.2 Å². The Hall–Kier alpha value is -3.36. The summed E-state index contributed by atoms with van der Waals surface area (Å²) in [5.41, 5.74) is 1.90. The van der Waals surface area contributed by atoms with Gasteiger partial charge in [0.25, 0.3) is 0 Å². The maximum absolute atomic E-state index is 12.5. The molecule has 0 atom stereocenters. The lowest BCUT2D eigenvalue weighted by Crippen LogP contribution is -2.19. The lowest BCUT2D eigenvalue weighted by atomic mass is 10.0. The lowest BCUT2D eigenvalue weighted by Gasteiger charge is -2.13. The van der Waals surface area contributed by atoms with Crippen LogP contribution in [-0.2, 0) is 11.2 Å². The molecule has 1 heterocycles. The van der Waals surface area contributed by atoms with Crippen molar-refractivity contribution in [2.24, 2.45) is 0 Å². The van der Waals surface area contributed by atoms with Gasteiger partial charge >= 0.3 is 6.36 Å². The first-order valence-corrected chi connectivity index (χ1v) is 9.29. The smallest absolute Gasteiger partial charge is 0.404 e. The van der Waals surface area contributed by atoms with E-state index in [0.717, 1.165) is 11.6 Å². The number of carbonyl (C=O) groups is 1. The van der Waals surface area contributed by atoms with Crippen molar-refractivity contribution in [3.63, 3.8) is 0 Å². The minimum atomic E-state index is -4.85. The molecule has 3 aromatic rings. The monoisotopic (exact) mass is 419 g/mol. The number of hydrogen-bond acceptors (Lipinski definition) is 5. The van der Waals surface area contributed by atoms with Gasteiger partial charge in [-0.25, -0.2) is 0 Å². The minimum Gasteiger partial charge on any atom is -0.404 e. The number of hydrogen-bond donors (Lipinski definition) is 1. The van der Waals surface area contributed by atoms with Crippen molar-refractivity contribution < 1.29 is 27.2 Å². The van der Waals surface area contributed by atoms with Gasteiger partial charge in [-0.2, -0.15) is 4.98 Å². The van der Waals surface area contributed by atoms with E-state index in [-0.39, 0.29) is 24.4 Å². The summed E-state index contributed by atoms with van der Waals surface area (Å²) in [4.78, 5) is 16.4. The molecule has 0 fully saturated rings. The van der Waals surface area contributed by atoms with Crippen LogP contribution in [-0.4, -0.2) is 22.4 Å². The Balaban J connectivity index is 1.59. The van der Waals surface area contributed by atoms with E-state index in [1.165, 1.54) is 23.8 Å². The van der Waals surface area contributed by atoms with E-state index < -0.39 is 18.0 Å². The van der Waals surface area contributed by atoms with Gasteiger partial charge < -0.3 is 14.6 Å². The van der Waals surface area contributed by atoms with E-state index in [9.17, 15) is 18.0 Å². The third-order valence-corrected chi connectivity index (χ3v) is 4.26. The van der Waals surface area contributed by atoms with Crippen molar-refractivity contribution >= 4 is 11.6 Å². The van der Waals surface area contributed by atoms with Gasteiger partial charge in [0, 0.05) is 18.4 Å². The fourth-order valence-corrected chi connectivity index (χ4v) is 2.71. The molecule has 0 radical (unpaired) electrons. The summed E-state index contributed by atoms with van der Waals surface area (Å²) in [7, 11) is 0. The average molecular weight is 419 g/mol. The van der Waals surface area contributed by atoms with Crippen molar-refractivity contribution in [1.82, 2.24) is 10.1 Å². The number of amides is 1. The number of nitrogens with one attached hydrogen (secondary N) is 1. The molecule has 0 unspecified atom stereocenters. The van der Waals surface area contributed by atoms with E-state index in [4.69, 9.17) is 4.52 Å². The normalized spacial score (nSPS) is 11.5. The standard InChI is InChI=1S/C21H20F3N3O3/c1-13(2)14-7-9-15(10-8-14)20-26-19(30-27-20)12-11-18(28)25-16-5-3-4-6-17(16)29-21(22,23)24/h3-10,13H,11-12H2,1-2H3,(H,25,28). The summed E-state index contributed by atoms with van der Waals surface area (Å²) in [6.07, 6.45) is -4.76. The van der Waals surface area contributed by atoms with Crippen LogP contribution in [0.25, 0.3) is 11.4 Å². The predicted molar refractivity (Wildman–Crippen MR) is 104 cm³/mol. The number of anilines is 1. The summed E-state index contributed by atoms with van der Waals surface area (Å²) in [5, 5.41) is 6.32. The Morgan fingerprint density at radius 1 is 1.13 bits per heavy atom. The maximum atomic E-state index is 12.5. The first kappa shape index (κ1) is 21.4. The second-order valence-corrected chi connectivity index (χ2v) is 6.88. The molecule has 158 valence electrons. The predicted octanol–water partition coefficient (Wildman–Crippen LogP) is 5.33. The topological polar surface area (TPSA) is 77.2 Å². The number of alkyl halides is 3. The number of aryl methyl sites for hydroxylation is 1. The summed E-state index contributed by atoms with van der Waals surface area (Å²) in [6.45, 7) is 4.19. The molecule has 0 saturated heterocycles. The van der Waals surface area contributed by atoms with Crippen LogP contribution in [0.1, 0.15) is 37.6 Å². The quantitative estimate of drug-likeness (QED) is 0.560. The van der Waals surface area contributed by atoms with Crippen LogP contribution >= 0.6 is 0 Å². The minimum absolute atomic E-state index is 0.0473. The number of benzene rings is 2. The van der Waals surface area contributed by atoms with Crippen molar-refractivity contribution in [2.45, 2.75) is 39.0 Å². The van der Waals surface area contributed by atoms with Crippen molar-refractivity contribution in [3.8, 4) is 17.1 Å². The Kier molecular flexibility index (Phi) is 6.39. The molecule has 1 aromatic heterocycles. The fraction of sp³-hybridized carbons (Fsp3) is 0.286. The third kappa shape index (κ3) is 5.82. The molecule has 0 saturated carbocycles. The zero-order chi connectivity index (χ0) is 21.7. The molecule has 9 heteroatoms. The molecule has 0 aliphatic carbocycles. The second kappa shape index (κ2) is 8.98. The fourth-order valence-electron chi connectivity index (χ4n) is 2.71. The first-order chi connectivity index (χ1) is 14.2. The SMILES string of the molecule is CC(C)c1ccc(-c2noc(CCC(=O)Nc3ccccc3OC(F)(F)F)n2)cc1. The van der Waals surface area contributed by atoms with Crippen LogP contribution in [0, 0.1) is 0 Å². The maximum Gasteiger partial charge on any atom is 0.573 e. The Bertz CT molecular complexity index is 998. The number of halogens is 3. The highest BCUT2D eigenvalue weighted by molar-refractivity contribution is 5.92. The highest BCUT2D eigenvalue weighted by Gasteiger charge is 2.32. The largest absolute Gasteiger partial charge is 0.573 e. The van der Waals surface area contributed by atoms with Gasteiger partial charge in [0.1, 0.15) is 0 Å². The molecule has 2 aromatic carbocycles. The number of rotatable bonds is 7. The van der Waals surface area contributed by atoms with Crippen LogP contribution in [0.5, 0.6) is 5.75 Å². The highest BCUT2D eigenvalue weighted by atomic mass is 19.4. The van der Waals surface area contributed by atoms with Crippen LogP contribution < -0.4 is 10.1 Å². The first-order valence-electron chi connectivity index (χ1n) is 9.29. The molecule has 1 amide bonds. The van der Waals surface area contributed by atoms with Crippen molar-refractivity contribution in [3.05, 3.63) is 60.0 Å². The zero-order valence-electron chi connectivity index (χ0n) is 16.4. The third-order valence-electron chi connectivity index (χ3n) is 4.26. The Morgan fingerprint density at radius 3 is 2.50 bits per heavy atom. The van der Waals surface area contributed by atoms with E-state index in [0.29, 0.717) is 11.7 Å². The summed E-state index contributed by atoms with van der Waals surface area (Å²) >= 11 is 0. The zero-order valence-corrected chi connectivity index (χ0v) is 16.4. The molecule has 6 nitrogen and oxygen atoms in total. The number of para-hydroxylation sites is 2. The Labute approximate surface area is 171 Å².